The van der Waals surface area contributed by atoms with Crippen molar-refractivity contribution in [1.29, 1.82) is 0 Å². The van der Waals surface area contributed by atoms with Crippen LogP contribution in [0.1, 0.15) is 31.2 Å². The van der Waals surface area contributed by atoms with Crippen LogP contribution in [0.3, 0.4) is 0 Å². The Morgan fingerprint density at radius 2 is 2.16 bits per heavy atom. The number of aliphatic carboxylic acids is 1. The maximum absolute atomic E-state index is 13.3. The SMILES string of the molecule is Cc1cc(-c2noc(CCC(=O)NCC(C)CC(=O)O)n2)ccc1F. The van der Waals surface area contributed by atoms with E-state index in [0.29, 0.717) is 29.4 Å². The maximum Gasteiger partial charge on any atom is 0.303 e. The van der Waals surface area contributed by atoms with Crippen LogP contribution in [0.2, 0.25) is 0 Å². The second kappa shape index (κ2) is 8.36. The Balaban J connectivity index is 1.84. The van der Waals surface area contributed by atoms with Gasteiger partial charge in [0.25, 0.3) is 0 Å². The molecule has 0 bridgehead atoms. The number of nitrogens with zero attached hydrogens (tertiary/aromatic N) is 2. The molecule has 0 aliphatic carbocycles. The number of carboxylic acids is 1. The molecule has 0 saturated heterocycles. The molecule has 134 valence electrons. The van der Waals surface area contributed by atoms with Gasteiger partial charge in [-0.1, -0.05) is 12.1 Å². The maximum atomic E-state index is 13.3. The Labute approximate surface area is 144 Å². The van der Waals surface area contributed by atoms with E-state index in [2.05, 4.69) is 15.5 Å². The van der Waals surface area contributed by atoms with Gasteiger partial charge < -0.3 is 14.9 Å². The molecule has 1 atom stereocenters. The van der Waals surface area contributed by atoms with Crippen molar-refractivity contribution in [1.82, 2.24) is 15.5 Å². The van der Waals surface area contributed by atoms with Gasteiger partial charge in [-0.15, -0.1) is 0 Å². The van der Waals surface area contributed by atoms with E-state index in [1.165, 1.54) is 6.07 Å². The molecule has 0 fully saturated rings. The average molecular weight is 349 g/mol. The van der Waals surface area contributed by atoms with Crippen molar-refractivity contribution < 1.29 is 23.6 Å². The monoisotopic (exact) mass is 349 g/mol. The van der Waals surface area contributed by atoms with Crippen molar-refractivity contribution in [3.05, 3.63) is 35.5 Å². The molecule has 1 aromatic heterocycles. The number of hydrogen-bond donors (Lipinski definition) is 2. The second-order valence-corrected chi connectivity index (χ2v) is 5.98. The highest BCUT2D eigenvalue weighted by molar-refractivity contribution is 5.76. The highest BCUT2D eigenvalue weighted by Crippen LogP contribution is 2.19. The van der Waals surface area contributed by atoms with E-state index in [9.17, 15) is 14.0 Å². The Bertz CT molecular complexity index is 760. The zero-order chi connectivity index (χ0) is 18.4. The van der Waals surface area contributed by atoms with Gasteiger partial charge in [0.1, 0.15) is 5.82 Å². The fourth-order valence-electron chi connectivity index (χ4n) is 2.22. The first-order valence-electron chi connectivity index (χ1n) is 7.92. The van der Waals surface area contributed by atoms with Crippen LogP contribution >= 0.6 is 0 Å². The van der Waals surface area contributed by atoms with Gasteiger partial charge in [-0.05, 0) is 36.6 Å². The molecule has 7 nitrogen and oxygen atoms in total. The van der Waals surface area contributed by atoms with Crippen LogP contribution in [0.25, 0.3) is 11.4 Å². The van der Waals surface area contributed by atoms with Crippen molar-refractivity contribution in [2.24, 2.45) is 5.92 Å². The van der Waals surface area contributed by atoms with Crippen molar-refractivity contribution >= 4 is 11.9 Å². The fourth-order valence-corrected chi connectivity index (χ4v) is 2.22. The van der Waals surface area contributed by atoms with E-state index in [1.54, 1.807) is 26.0 Å². The van der Waals surface area contributed by atoms with E-state index < -0.39 is 5.97 Å². The minimum Gasteiger partial charge on any atom is -0.481 e. The normalized spacial score (nSPS) is 12.0. The number of nitrogens with one attached hydrogen (secondary N) is 1. The molecule has 0 aliphatic heterocycles. The lowest BCUT2D eigenvalue weighted by atomic mass is 10.1. The first-order valence-corrected chi connectivity index (χ1v) is 7.92. The van der Waals surface area contributed by atoms with Gasteiger partial charge in [-0.2, -0.15) is 4.98 Å². The van der Waals surface area contributed by atoms with Crippen molar-refractivity contribution in [2.45, 2.75) is 33.1 Å². The van der Waals surface area contributed by atoms with E-state index in [0.717, 1.165) is 0 Å². The molecule has 2 rings (SSSR count). The average Bonchev–Trinajstić information content (AvgIpc) is 3.02. The minimum atomic E-state index is -0.892. The van der Waals surface area contributed by atoms with Crippen LogP contribution in [0.15, 0.2) is 22.7 Å². The second-order valence-electron chi connectivity index (χ2n) is 5.98. The first-order chi connectivity index (χ1) is 11.8. The summed E-state index contributed by atoms with van der Waals surface area (Å²) in [5.74, 6) is -0.899. The smallest absolute Gasteiger partial charge is 0.303 e. The lowest BCUT2D eigenvalue weighted by molar-refractivity contribution is -0.138. The topological polar surface area (TPSA) is 105 Å². The zero-order valence-corrected chi connectivity index (χ0v) is 14.1. The fraction of sp³-hybridized carbons (Fsp3) is 0.412. The van der Waals surface area contributed by atoms with Crippen LogP contribution in [0.4, 0.5) is 4.39 Å². The van der Waals surface area contributed by atoms with E-state index in [4.69, 9.17) is 9.63 Å². The third-order valence-electron chi connectivity index (χ3n) is 3.62. The highest BCUT2D eigenvalue weighted by atomic mass is 19.1. The largest absolute Gasteiger partial charge is 0.481 e. The number of carbonyl (C=O) groups excluding carboxylic acids is 1. The highest BCUT2D eigenvalue weighted by Gasteiger charge is 2.13. The number of halogens is 1. The number of rotatable bonds is 8. The number of carboxylic acid groups (broad SMARTS) is 1. The van der Waals surface area contributed by atoms with Crippen LogP contribution < -0.4 is 5.32 Å². The number of hydrogen-bond acceptors (Lipinski definition) is 5. The predicted molar refractivity (Wildman–Crippen MR) is 87.2 cm³/mol. The summed E-state index contributed by atoms with van der Waals surface area (Å²) in [6, 6.07) is 4.53. The van der Waals surface area contributed by atoms with Crippen molar-refractivity contribution in [3.63, 3.8) is 0 Å². The first kappa shape index (κ1) is 18.6. The number of carbonyl (C=O) groups is 2. The molecular formula is C17H20FN3O4. The number of aromatic nitrogens is 2. The summed E-state index contributed by atoms with van der Waals surface area (Å²) in [4.78, 5) is 26.5. The van der Waals surface area contributed by atoms with E-state index >= 15 is 0 Å². The number of aryl methyl sites for hydroxylation is 2. The van der Waals surface area contributed by atoms with Gasteiger partial charge >= 0.3 is 5.97 Å². The van der Waals surface area contributed by atoms with Gasteiger partial charge in [0.15, 0.2) is 0 Å². The third kappa shape index (κ3) is 5.66. The molecule has 1 heterocycles. The number of benzene rings is 1. The van der Waals surface area contributed by atoms with Crippen LogP contribution in [-0.4, -0.2) is 33.7 Å². The van der Waals surface area contributed by atoms with Crippen LogP contribution in [-0.2, 0) is 16.0 Å². The summed E-state index contributed by atoms with van der Waals surface area (Å²) in [7, 11) is 0. The summed E-state index contributed by atoms with van der Waals surface area (Å²) in [5.41, 5.74) is 1.12. The van der Waals surface area contributed by atoms with Gasteiger partial charge in [0.05, 0.1) is 0 Å². The van der Waals surface area contributed by atoms with E-state index in [-0.39, 0.29) is 36.9 Å². The van der Waals surface area contributed by atoms with Crippen LogP contribution in [0.5, 0.6) is 0 Å². The molecule has 0 saturated carbocycles. The molecule has 1 aromatic carbocycles. The van der Waals surface area contributed by atoms with Gasteiger partial charge in [-0.3, -0.25) is 9.59 Å². The summed E-state index contributed by atoms with van der Waals surface area (Å²) >= 11 is 0. The summed E-state index contributed by atoms with van der Waals surface area (Å²) in [6.07, 6.45) is 0.431. The van der Waals surface area contributed by atoms with Crippen LogP contribution in [0, 0.1) is 18.7 Å². The zero-order valence-electron chi connectivity index (χ0n) is 14.1. The standard InChI is InChI=1S/C17H20FN3O4/c1-10(7-16(23)24)9-19-14(22)5-6-15-20-17(21-25-15)12-3-4-13(18)11(2)8-12/h3-4,8,10H,5-7,9H2,1-2H3,(H,19,22)(H,23,24). The van der Waals surface area contributed by atoms with Gasteiger partial charge in [-0.25, -0.2) is 4.39 Å². The molecular weight excluding hydrogens is 329 g/mol. The third-order valence-corrected chi connectivity index (χ3v) is 3.62. The molecule has 1 amide bonds. The van der Waals surface area contributed by atoms with Crippen molar-refractivity contribution in [2.75, 3.05) is 6.54 Å². The molecule has 2 N–H and O–H groups in total. The van der Waals surface area contributed by atoms with Gasteiger partial charge in [0.2, 0.25) is 17.6 Å². The van der Waals surface area contributed by atoms with Crippen molar-refractivity contribution in [3.8, 4) is 11.4 Å². The lowest BCUT2D eigenvalue weighted by Gasteiger charge is -2.09. The quantitative estimate of drug-likeness (QED) is 0.758. The molecule has 0 aliphatic rings. The molecule has 0 spiro atoms. The number of amides is 1. The molecule has 1 unspecified atom stereocenters. The lowest BCUT2D eigenvalue weighted by Crippen LogP contribution is -2.29. The molecule has 2 aromatic rings. The summed E-state index contributed by atoms with van der Waals surface area (Å²) in [6.45, 7) is 3.70. The molecule has 0 radical (unpaired) electrons. The summed E-state index contributed by atoms with van der Waals surface area (Å²) in [5, 5.41) is 15.2. The molecule has 8 heteroatoms. The Hall–Kier alpha value is -2.77. The minimum absolute atomic E-state index is 0.00435. The predicted octanol–water partition coefficient (Wildman–Crippen LogP) is 2.34. The molecule has 25 heavy (non-hydrogen) atoms. The Morgan fingerprint density at radius 1 is 1.40 bits per heavy atom. The van der Waals surface area contributed by atoms with Gasteiger partial charge in [0, 0.05) is 31.4 Å². The summed E-state index contributed by atoms with van der Waals surface area (Å²) < 4.78 is 18.4. The Morgan fingerprint density at radius 3 is 2.84 bits per heavy atom. The Kier molecular flexibility index (Phi) is 6.21. The van der Waals surface area contributed by atoms with E-state index in [1.807, 2.05) is 0 Å².